The fraction of sp³-hybridized carbons (Fsp3) is 0.625. The molecule has 82 valence electrons. The van der Waals surface area contributed by atoms with Crippen LogP contribution in [0.25, 0.3) is 0 Å². The van der Waals surface area contributed by atoms with E-state index in [1.54, 1.807) is 5.32 Å². The van der Waals surface area contributed by atoms with Gasteiger partial charge in [-0.15, -0.1) is 0 Å². The van der Waals surface area contributed by atoms with Crippen LogP contribution in [-0.4, -0.2) is 18.0 Å². The van der Waals surface area contributed by atoms with Crippen LogP contribution in [0, 0.1) is 22.7 Å². The van der Waals surface area contributed by atoms with Gasteiger partial charge in [0, 0.05) is 6.42 Å². The number of rotatable bonds is 0. The maximum Gasteiger partial charge on any atom is 0.396 e. The Bertz CT molecular complexity index is 358. The number of nitriles is 1. The molecule has 7 heteroatoms. The Morgan fingerprint density at radius 2 is 2.07 bits per heavy atom. The van der Waals surface area contributed by atoms with Crippen LogP contribution in [-0.2, 0) is 9.59 Å². The Labute approximate surface area is 83.1 Å². The van der Waals surface area contributed by atoms with E-state index in [1.165, 1.54) is 6.07 Å². The molecule has 1 heterocycles. The van der Waals surface area contributed by atoms with Gasteiger partial charge in [0.05, 0.1) is 11.5 Å². The lowest BCUT2D eigenvalue weighted by Crippen LogP contribution is -2.56. The molecule has 4 nitrogen and oxygen atoms in total. The summed E-state index contributed by atoms with van der Waals surface area (Å²) in [5, 5.41) is 10.2. The molecule has 1 aliphatic heterocycles. The molecule has 1 saturated heterocycles. The number of hydrogen-bond donors (Lipinski definition) is 1. The average molecular weight is 220 g/mol. The van der Waals surface area contributed by atoms with Crippen LogP contribution in [0.5, 0.6) is 0 Å². The van der Waals surface area contributed by atoms with E-state index in [9.17, 15) is 22.8 Å². The van der Waals surface area contributed by atoms with E-state index < -0.39 is 35.7 Å². The summed E-state index contributed by atoms with van der Waals surface area (Å²) in [6.07, 6.45) is -5.67. The summed E-state index contributed by atoms with van der Waals surface area (Å²) in [6.45, 7) is 0.706. The normalized spacial score (nSPS) is 32.1. The summed E-state index contributed by atoms with van der Waals surface area (Å²) >= 11 is 0. The number of piperidine rings is 1. The van der Waals surface area contributed by atoms with E-state index in [0.29, 0.717) is 6.92 Å². The number of nitrogens with zero attached hydrogens (tertiary/aromatic N) is 1. The third-order valence-corrected chi connectivity index (χ3v) is 2.47. The van der Waals surface area contributed by atoms with E-state index in [-0.39, 0.29) is 0 Å². The molecule has 1 aliphatic rings. The molecule has 0 spiro atoms. The van der Waals surface area contributed by atoms with Gasteiger partial charge < -0.3 is 0 Å². The van der Waals surface area contributed by atoms with Gasteiger partial charge in [0.1, 0.15) is 5.92 Å². The van der Waals surface area contributed by atoms with Crippen molar-refractivity contribution in [2.24, 2.45) is 11.3 Å². The quantitative estimate of drug-likeness (QED) is 0.612. The smallest absolute Gasteiger partial charge is 0.295 e. The first kappa shape index (κ1) is 11.5. The minimum Gasteiger partial charge on any atom is -0.295 e. The monoisotopic (exact) mass is 220 g/mol. The number of hydrogen-bond acceptors (Lipinski definition) is 3. The predicted octanol–water partition coefficient (Wildman–Crippen LogP) is 0.741. The molecule has 0 aromatic carbocycles. The Balaban J connectivity index is 3.19. The zero-order valence-corrected chi connectivity index (χ0v) is 7.68. The topological polar surface area (TPSA) is 70.0 Å². The van der Waals surface area contributed by atoms with Gasteiger partial charge in [-0.05, 0) is 6.92 Å². The van der Waals surface area contributed by atoms with Crippen molar-refractivity contribution in [1.82, 2.24) is 5.32 Å². The second-order valence-electron chi connectivity index (χ2n) is 3.57. The van der Waals surface area contributed by atoms with Crippen LogP contribution in [0.4, 0.5) is 13.2 Å². The molecule has 1 fully saturated rings. The van der Waals surface area contributed by atoms with Crippen molar-refractivity contribution < 1.29 is 22.8 Å². The number of carbonyl (C=O) groups excluding carboxylic acids is 2. The van der Waals surface area contributed by atoms with Crippen molar-refractivity contribution in [3.05, 3.63) is 0 Å². The number of imide groups is 1. The summed E-state index contributed by atoms with van der Waals surface area (Å²) in [6, 6.07) is 1.29. The molecule has 0 aliphatic carbocycles. The Kier molecular flexibility index (Phi) is 2.47. The highest BCUT2D eigenvalue weighted by atomic mass is 19.4. The van der Waals surface area contributed by atoms with E-state index in [1.807, 2.05) is 0 Å². The van der Waals surface area contributed by atoms with Crippen molar-refractivity contribution >= 4 is 11.8 Å². The van der Waals surface area contributed by atoms with Crippen LogP contribution in [0.2, 0.25) is 0 Å². The SMILES string of the molecule is CC1(C(F)(F)F)CC(=O)NC(=O)C1C#N. The third-order valence-electron chi connectivity index (χ3n) is 2.47. The van der Waals surface area contributed by atoms with Crippen molar-refractivity contribution in [2.75, 3.05) is 0 Å². The molecular formula is C8H7F3N2O2. The second kappa shape index (κ2) is 3.22. The molecule has 0 aromatic rings. The molecule has 1 N–H and O–H groups in total. The van der Waals surface area contributed by atoms with E-state index in [4.69, 9.17) is 5.26 Å². The summed E-state index contributed by atoms with van der Waals surface area (Å²) in [5.41, 5.74) is -2.60. The molecular weight excluding hydrogens is 213 g/mol. The maximum atomic E-state index is 12.6. The summed E-state index contributed by atoms with van der Waals surface area (Å²) in [7, 11) is 0. The van der Waals surface area contributed by atoms with Gasteiger partial charge in [0.15, 0.2) is 0 Å². The van der Waals surface area contributed by atoms with Gasteiger partial charge in [-0.2, -0.15) is 18.4 Å². The van der Waals surface area contributed by atoms with Crippen LogP contribution in [0.1, 0.15) is 13.3 Å². The zero-order valence-electron chi connectivity index (χ0n) is 7.68. The van der Waals surface area contributed by atoms with Crippen molar-refractivity contribution in [2.45, 2.75) is 19.5 Å². The number of carbonyl (C=O) groups is 2. The lowest BCUT2D eigenvalue weighted by atomic mass is 9.71. The first-order valence-electron chi connectivity index (χ1n) is 4.02. The minimum absolute atomic E-state index is 0.706. The molecule has 2 unspecified atom stereocenters. The molecule has 2 amide bonds. The first-order valence-corrected chi connectivity index (χ1v) is 4.02. The second-order valence-corrected chi connectivity index (χ2v) is 3.57. The highest BCUT2D eigenvalue weighted by Crippen LogP contribution is 2.48. The van der Waals surface area contributed by atoms with Crippen molar-refractivity contribution in [3.63, 3.8) is 0 Å². The van der Waals surface area contributed by atoms with E-state index >= 15 is 0 Å². The summed E-state index contributed by atoms with van der Waals surface area (Å²) in [4.78, 5) is 21.9. The number of halogens is 3. The molecule has 0 bridgehead atoms. The highest BCUT2D eigenvalue weighted by molar-refractivity contribution is 6.00. The predicted molar refractivity (Wildman–Crippen MR) is 41.0 cm³/mol. The molecule has 0 aromatic heterocycles. The van der Waals surface area contributed by atoms with Crippen molar-refractivity contribution in [1.29, 1.82) is 5.26 Å². The summed E-state index contributed by atoms with van der Waals surface area (Å²) < 4.78 is 37.9. The van der Waals surface area contributed by atoms with Crippen LogP contribution >= 0.6 is 0 Å². The van der Waals surface area contributed by atoms with Gasteiger partial charge in [-0.1, -0.05) is 0 Å². The first-order chi connectivity index (χ1) is 6.72. The number of nitrogens with one attached hydrogen (secondary N) is 1. The van der Waals surface area contributed by atoms with Gasteiger partial charge in [0.2, 0.25) is 11.8 Å². The highest BCUT2D eigenvalue weighted by Gasteiger charge is 2.61. The van der Waals surface area contributed by atoms with Gasteiger partial charge in [0.25, 0.3) is 0 Å². The van der Waals surface area contributed by atoms with Crippen molar-refractivity contribution in [3.8, 4) is 6.07 Å². The van der Waals surface area contributed by atoms with Gasteiger partial charge in [-0.3, -0.25) is 14.9 Å². The van der Waals surface area contributed by atoms with Gasteiger partial charge >= 0.3 is 6.18 Å². The Morgan fingerprint density at radius 1 is 1.53 bits per heavy atom. The largest absolute Gasteiger partial charge is 0.396 e. The zero-order chi connectivity index (χ0) is 11.9. The standard InChI is InChI=1S/C8H7F3N2O2/c1-7(8(9,10)11)2-5(14)13-6(15)4(7)3-12/h4H,2H2,1H3,(H,13,14,15). The maximum absolute atomic E-state index is 12.6. The lowest BCUT2D eigenvalue weighted by Gasteiger charge is -2.37. The lowest BCUT2D eigenvalue weighted by molar-refractivity contribution is -0.234. The molecule has 1 rings (SSSR count). The molecule has 0 saturated carbocycles. The number of amides is 2. The molecule has 15 heavy (non-hydrogen) atoms. The van der Waals surface area contributed by atoms with Gasteiger partial charge in [-0.25, -0.2) is 0 Å². The fourth-order valence-corrected chi connectivity index (χ4v) is 1.44. The third kappa shape index (κ3) is 1.67. The summed E-state index contributed by atoms with van der Waals surface area (Å²) in [5.74, 6) is -4.07. The molecule has 2 atom stereocenters. The van der Waals surface area contributed by atoms with Crippen LogP contribution in [0.3, 0.4) is 0 Å². The van der Waals surface area contributed by atoms with E-state index in [0.717, 1.165) is 0 Å². The van der Waals surface area contributed by atoms with E-state index in [2.05, 4.69) is 0 Å². The fourth-order valence-electron chi connectivity index (χ4n) is 1.44. The van der Waals surface area contributed by atoms with Crippen LogP contribution < -0.4 is 5.32 Å². The molecule has 0 radical (unpaired) electrons. The average Bonchev–Trinajstić information content (AvgIpc) is 2.00. The Morgan fingerprint density at radius 3 is 2.47 bits per heavy atom. The van der Waals surface area contributed by atoms with Crippen LogP contribution in [0.15, 0.2) is 0 Å². The minimum atomic E-state index is -4.76. The Hall–Kier alpha value is -1.58. The number of alkyl halides is 3.